The normalized spacial score (nSPS) is 10.5. The molecule has 1 amide bonds. The van der Waals surface area contributed by atoms with Gasteiger partial charge in [0.05, 0.1) is 5.69 Å². The van der Waals surface area contributed by atoms with Crippen molar-refractivity contribution in [1.82, 2.24) is 4.98 Å². The fraction of sp³-hybridized carbons (Fsp3) is 0.105. The number of hydrogen-bond donors (Lipinski definition) is 1. The molecule has 1 heterocycles. The van der Waals surface area contributed by atoms with Gasteiger partial charge in [0.2, 0.25) is 0 Å². The van der Waals surface area contributed by atoms with E-state index in [1.54, 1.807) is 18.3 Å². The van der Waals surface area contributed by atoms with Crippen molar-refractivity contribution in [2.24, 2.45) is 0 Å². The molecule has 0 unspecified atom stereocenters. The van der Waals surface area contributed by atoms with Gasteiger partial charge in [-0.15, -0.1) is 0 Å². The predicted molar refractivity (Wildman–Crippen MR) is 96.7 cm³/mol. The first kappa shape index (κ1) is 17.0. The van der Waals surface area contributed by atoms with Crippen molar-refractivity contribution in [1.29, 1.82) is 0 Å². The molecule has 0 radical (unpaired) electrons. The molecule has 0 atom stereocenters. The van der Waals surface area contributed by atoms with Crippen LogP contribution < -0.4 is 9.64 Å². The van der Waals surface area contributed by atoms with Crippen LogP contribution in [-0.4, -0.2) is 17.6 Å². The molecule has 0 aliphatic rings. The number of aromatic amines is 1. The number of H-pyrrole nitrogens is 1. The molecule has 4 nitrogen and oxygen atoms in total. The van der Waals surface area contributed by atoms with E-state index in [0.717, 1.165) is 11.1 Å². The van der Waals surface area contributed by atoms with Crippen LogP contribution in [0.3, 0.4) is 0 Å². The first-order valence-electron chi connectivity index (χ1n) is 7.76. The number of nitrogens with zero attached hydrogens (tertiary/aromatic N) is 1. The minimum Gasteiger partial charge on any atom is -0.410 e. The maximum Gasteiger partial charge on any atom is 0.419 e. The van der Waals surface area contributed by atoms with Crippen molar-refractivity contribution >= 4 is 23.4 Å². The summed E-state index contributed by atoms with van der Waals surface area (Å²) in [4.78, 5) is 17.1. The molecule has 0 spiro atoms. The predicted octanol–water partition coefficient (Wildman–Crippen LogP) is 5.50. The van der Waals surface area contributed by atoms with E-state index >= 15 is 0 Å². The van der Waals surface area contributed by atoms with E-state index in [0.29, 0.717) is 17.3 Å². The number of aromatic nitrogens is 1. The van der Waals surface area contributed by atoms with Crippen molar-refractivity contribution in [3.8, 4) is 16.9 Å². The van der Waals surface area contributed by atoms with Gasteiger partial charge >= 0.3 is 6.09 Å². The zero-order valence-corrected chi connectivity index (χ0v) is 14.3. The molecular formula is C19H16ClFN2O2. The standard InChI is InChI=1S/C19H16ClFN2O2/c1-2-23(19(24)25-16-9-7-15(21)8-10-16)18-12-22-11-17(18)13-3-5-14(20)6-4-13/h3-12,22H,2H2,1H3. The maximum atomic E-state index is 13.0. The minimum atomic E-state index is -0.538. The van der Waals surface area contributed by atoms with E-state index < -0.39 is 6.09 Å². The van der Waals surface area contributed by atoms with Crippen molar-refractivity contribution in [2.45, 2.75) is 6.92 Å². The summed E-state index contributed by atoms with van der Waals surface area (Å²) in [5.41, 5.74) is 2.47. The van der Waals surface area contributed by atoms with Gasteiger partial charge in [-0.05, 0) is 48.9 Å². The minimum absolute atomic E-state index is 0.286. The molecule has 1 N–H and O–H groups in total. The summed E-state index contributed by atoms with van der Waals surface area (Å²) >= 11 is 5.94. The molecule has 128 valence electrons. The molecule has 0 fully saturated rings. The van der Waals surface area contributed by atoms with Gasteiger partial charge in [-0.1, -0.05) is 23.7 Å². The molecule has 0 saturated heterocycles. The van der Waals surface area contributed by atoms with Crippen LogP contribution in [0.25, 0.3) is 11.1 Å². The van der Waals surface area contributed by atoms with Crippen LogP contribution in [0.15, 0.2) is 60.9 Å². The van der Waals surface area contributed by atoms with E-state index in [1.165, 1.54) is 29.2 Å². The highest BCUT2D eigenvalue weighted by Gasteiger charge is 2.20. The van der Waals surface area contributed by atoms with Gasteiger partial charge in [-0.2, -0.15) is 0 Å². The Balaban J connectivity index is 1.86. The molecule has 6 heteroatoms. The highest BCUT2D eigenvalue weighted by atomic mass is 35.5. The lowest BCUT2D eigenvalue weighted by Crippen LogP contribution is -2.33. The summed E-state index contributed by atoms with van der Waals surface area (Å²) in [6.07, 6.45) is 3.01. The van der Waals surface area contributed by atoms with Crippen LogP contribution in [-0.2, 0) is 0 Å². The molecular weight excluding hydrogens is 343 g/mol. The second-order valence-electron chi connectivity index (χ2n) is 5.33. The van der Waals surface area contributed by atoms with Crippen molar-refractivity contribution in [3.63, 3.8) is 0 Å². The number of carbonyl (C=O) groups is 1. The number of benzene rings is 2. The summed E-state index contributed by atoms with van der Waals surface area (Å²) in [6, 6.07) is 12.7. The lowest BCUT2D eigenvalue weighted by atomic mass is 10.1. The lowest BCUT2D eigenvalue weighted by molar-refractivity contribution is 0.208. The van der Waals surface area contributed by atoms with Gasteiger partial charge in [-0.3, -0.25) is 4.90 Å². The Morgan fingerprint density at radius 1 is 1.12 bits per heavy atom. The fourth-order valence-corrected chi connectivity index (χ4v) is 2.62. The van der Waals surface area contributed by atoms with Gasteiger partial charge in [0, 0.05) is 29.5 Å². The number of hydrogen-bond acceptors (Lipinski definition) is 2. The van der Waals surface area contributed by atoms with Crippen LogP contribution in [0.4, 0.5) is 14.9 Å². The highest BCUT2D eigenvalue weighted by molar-refractivity contribution is 6.30. The smallest absolute Gasteiger partial charge is 0.410 e. The second-order valence-corrected chi connectivity index (χ2v) is 5.76. The molecule has 0 bridgehead atoms. The van der Waals surface area contributed by atoms with Crippen molar-refractivity contribution < 1.29 is 13.9 Å². The molecule has 0 aliphatic heterocycles. The Bertz CT molecular complexity index is 860. The first-order valence-corrected chi connectivity index (χ1v) is 8.14. The van der Waals surface area contributed by atoms with Gasteiger partial charge in [0.1, 0.15) is 11.6 Å². The average Bonchev–Trinajstić information content (AvgIpc) is 3.08. The monoisotopic (exact) mass is 358 g/mol. The SMILES string of the molecule is CCN(C(=O)Oc1ccc(F)cc1)c1c[nH]cc1-c1ccc(Cl)cc1. The molecule has 3 rings (SSSR count). The second kappa shape index (κ2) is 7.40. The number of halogens is 2. The number of rotatable bonds is 4. The number of nitrogens with one attached hydrogen (secondary N) is 1. The largest absolute Gasteiger partial charge is 0.419 e. The highest BCUT2D eigenvalue weighted by Crippen LogP contribution is 2.32. The Hall–Kier alpha value is -2.79. The van der Waals surface area contributed by atoms with Gasteiger partial charge in [0.15, 0.2) is 0 Å². The van der Waals surface area contributed by atoms with Crippen LogP contribution in [0.2, 0.25) is 5.02 Å². The molecule has 1 aromatic heterocycles. The van der Waals surface area contributed by atoms with Crippen molar-refractivity contribution in [3.05, 3.63) is 71.8 Å². The summed E-state index contributed by atoms with van der Waals surface area (Å²) in [5.74, 6) is -0.101. The first-order chi connectivity index (χ1) is 12.1. The quantitative estimate of drug-likeness (QED) is 0.669. The van der Waals surface area contributed by atoms with Crippen LogP contribution >= 0.6 is 11.6 Å². The van der Waals surface area contributed by atoms with E-state index in [1.807, 2.05) is 25.3 Å². The topological polar surface area (TPSA) is 45.3 Å². The molecule has 0 saturated carbocycles. The Labute approximate surface area is 149 Å². The van der Waals surface area contributed by atoms with Gasteiger partial charge in [-0.25, -0.2) is 9.18 Å². The third-order valence-corrected chi connectivity index (χ3v) is 3.98. The Kier molecular flexibility index (Phi) is 5.05. The zero-order chi connectivity index (χ0) is 17.8. The number of anilines is 1. The van der Waals surface area contributed by atoms with Crippen molar-refractivity contribution in [2.75, 3.05) is 11.4 Å². The Morgan fingerprint density at radius 2 is 1.80 bits per heavy atom. The third-order valence-electron chi connectivity index (χ3n) is 3.73. The molecule has 0 aliphatic carbocycles. The molecule has 2 aromatic carbocycles. The van der Waals surface area contributed by atoms with E-state index in [2.05, 4.69) is 4.98 Å². The average molecular weight is 359 g/mol. The summed E-state index contributed by atoms with van der Waals surface area (Å²) in [7, 11) is 0. The lowest BCUT2D eigenvalue weighted by Gasteiger charge is -2.20. The molecule has 25 heavy (non-hydrogen) atoms. The van der Waals surface area contributed by atoms with Gasteiger partial charge in [0.25, 0.3) is 0 Å². The van der Waals surface area contributed by atoms with E-state index in [9.17, 15) is 9.18 Å². The summed E-state index contributed by atoms with van der Waals surface area (Å²) in [6.45, 7) is 2.27. The zero-order valence-electron chi connectivity index (χ0n) is 13.5. The third kappa shape index (κ3) is 3.83. The Morgan fingerprint density at radius 3 is 2.44 bits per heavy atom. The number of ether oxygens (including phenoxy) is 1. The van der Waals surface area contributed by atoms with Crippen LogP contribution in [0, 0.1) is 5.82 Å². The summed E-state index contributed by atoms with van der Waals surface area (Å²) < 4.78 is 18.3. The van der Waals surface area contributed by atoms with E-state index in [4.69, 9.17) is 16.3 Å². The van der Waals surface area contributed by atoms with Crippen LogP contribution in [0.5, 0.6) is 5.75 Å². The summed E-state index contributed by atoms with van der Waals surface area (Å²) in [5, 5.41) is 0.643. The van der Waals surface area contributed by atoms with E-state index in [-0.39, 0.29) is 11.6 Å². The number of amides is 1. The molecule has 3 aromatic rings. The van der Waals surface area contributed by atoms with Gasteiger partial charge < -0.3 is 9.72 Å². The fourth-order valence-electron chi connectivity index (χ4n) is 2.50. The van der Waals surface area contributed by atoms with Crippen LogP contribution in [0.1, 0.15) is 6.92 Å². The maximum absolute atomic E-state index is 13.0. The number of carbonyl (C=O) groups excluding carboxylic acids is 1.